The summed E-state index contributed by atoms with van der Waals surface area (Å²) in [7, 11) is 0. The van der Waals surface area contributed by atoms with Crippen LogP contribution >= 0.6 is 0 Å². The molecule has 5 heteroatoms. The molecule has 0 atom stereocenters. The molecule has 0 fully saturated rings. The van der Waals surface area contributed by atoms with Gasteiger partial charge < -0.3 is 5.11 Å². The van der Waals surface area contributed by atoms with E-state index in [0.29, 0.717) is 5.65 Å². The molecule has 0 aliphatic heterocycles. The number of rotatable bonds is 0. The van der Waals surface area contributed by atoms with Crippen molar-refractivity contribution in [3.8, 4) is 5.88 Å². The van der Waals surface area contributed by atoms with Crippen LogP contribution in [-0.4, -0.2) is 49.3 Å². The molecule has 0 amide bonds. The quantitative estimate of drug-likeness (QED) is 0.551. The van der Waals surface area contributed by atoms with Gasteiger partial charge in [0.05, 0.1) is 6.20 Å². The van der Waals surface area contributed by atoms with Crippen LogP contribution in [0.5, 0.6) is 5.88 Å². The van der Waals surface area contributed by atoms with Gasteiger partial charge in [0, 0.05) is 47.9 Å². The van der Waals surface area contributed by atoms with Crippen LogP contribution in [0.15, 0.2) is 24.5 Å². The van der Waals surface area contributed by atoms with E-state index in [1.54, 1.807) is 23.0 Å². The molecule has 0 bridgehead atoms. The zero-order chi connectivity index (χ0) is 6.97. The van der Waals surface area contributed by atoms with Crippen LogP contribution in [0.1, 0.15) is 0 Å². The summed E-state index contributed by atoms with van der Waals surface area (Å²) in [5.41, 5.74) is 0.653. The second kappa shape index (κ2) is 3.21. The van der Waals surface area contributed by atoms with Crippen molar-refractivity contribution in [3.05, 3.63) is 24.5 Å². The first-order valence-electron chi connectivity index (χ1n) is 2.85. The van der Waals surface area contributed by atoms with Crippen molar-refractivity contribution in [2.45, 2.75) is 0 Å². The number of hydrogen-bond acceptors (Lipinski definition) is 3. The topological polar surface area (TPSA) is 50.4 Å². The van der Waals surface area contributed by atoms with E-state index in [-0.39, 0.29) is 35.4 Å². The largest absolute Gasteiger partial charge is 0.493 e. The molecule has 0 unspecified atom stereocenters. The summed E-state index contributed by atoms with van der Waals surface area (Å²) in [5.74, 6) is 0.0213. The Bertz CT molecular complexity index is 359. The first-order valence-corrected chi connectivity index (χ1v) is 2.85. The number of fused-ring (bicyclic) bond motifs is 1. The third-order valence-electron chi connectivity index (χ3n) is 1.24. The molecule has 2 rings (SSSR count). The molecule has 0 aliphatic rings. The number of aromatic hydroxyl groups is 1. The van der Waals surface area contributed by atoms with Gasteiger partial charge in [0.1, 0.15) is 0 Å². The van der Waals surface area contributed by atoms with E-state index >= 15 is 0 Å². The van der Waals surface area contributed by atoms with Crippen molar-refractivity contribution >= 4 is 35.2 Å². The minimum atomic E-state index is 0. The van der Waals surface area contributed by atoms with E-state index in [9.17, 15) is 0 Å². The van der Waals surface area contributed by atoms with Crippen molar-refractivity contribution in [3.63, 3.8) is 0 Å². The van der Waals surface area contributed by atoms with Crippen molar-refractivity contribution in [1.82, 2.24) is 14.6 Å². The third kappa shape index (κ3) is 1.53. The van der Waals surface area contributed by atoms with Gasteiger partial charge in [0.15, 0.2) is 5.65 Å². The van der Waals surface area contributed by atoms with Gasteiger partial charge in [0.2, 0.25) is 5.88 Å². The third-order valence-corrected chi connectivity index (χ3v) is 1.24. The molecule has 2 aromatic rings. The van der Waals surface area contributed by atoms with Crippen LogP contribution < -0.4 is 0 Å². The van der Waals surface area contributed by atoms with Crippen LogP contribution in [0.2, 0.25) is 0 Å². The summed E-state index contributed by atoms with van der Waals surface area (Å²) in [4.78, 5) is 3.79. The summed E-state index contributed by atoms with van der Waals surface area (Å²) in [6, 6.07) is 3.21. The van der Waals surface area contributed by atoms with Crippen LogP contribution in [-0.2, 0) is 0 Å². The molecule has 2 heterocycles. The zero-order valence-corrected chi connectivity index (χ0v) is 8.10. The minimum absolute atomic E-state index is 0. The predicted molar refractivity (Wildman–Crippen MR) is 40.4 cm³/mol. The van der Waals surface area contributed by atoms with Gasteiger partial charge in [0.25, 0.3) is 0 Å². The monoisotopic (exact) mass is 158 g/mol. The summed E-state index contributed by atoms with van der Waals surface area (Å²) in [5, 5.41) is 12.8. The maximum absolute atomic E-state index is 8.90. The smallest absolute Gasteiger partial charge is 0.214 e. The zero-order valence-electron chi connectivity index (χ0n) is 6.10. The number of aromatic nitrogens is 3. The molecule has 2 aromatic heterocycles. The summed E-state index contributed by atoms with van der Waals surface area (Å²) < 4.78 is 1.58. The molecular weight excluding hydrogens is 153 g/mol. The second-order valence-electron chi connectivity index (χ2n) is 1.92. The average molecular weight is 158 g/mol. The van der Waals surface area contributed by atoms with E-state index < -0.39 is 0 Å². The van der Waals surface area contributed by atoms with Crippen molar-refractivity contribution in [1.29, 1.82) is 0 Å². The van der Waals surface area contributed by atoms with Crippen LogP contribution in [0.3, 0.4) is 0 Å². The Morgan fingerprint density at radius 2 is 2.18 bits per heavy atom. The maximum Gasteiger partial charge on any atom is 0.214 e. The molecule has 0 spiro atoms. The Morgan fingerprint density at radius 3 is 3.00 bits per heavy atom. The van der Waals surface area contributed by atoms with Gasteiger partial charge in [-0.3, -0.25) is 0 Å². The maximum atomic E-state index is 8.90. The van der Waals surface area contributed by atoms with E-state index in [1.807, 2.05) is 0 Å². The second-order valence-corrected chi connectivity index (χ2v) is 1.92. The van der Waals surface area contributed by atoms with E-state index in [0.717, 1.165) is 0 Å². The summed E-state index contributed by atoms with van der Waals surface area (Å²) in [6.45, 7) is 0. The SMILES string of the molecule is Oc1ccn2nccc2n1.[Na]. The van der Waals surface area contributed by atoms with Gasteiger partial charge in [-0.05, 0) is 0 Å². The predicted octanol–water partition coefficient (Wildman–Crippen LogP) is 0.0541. The number of nitrogens with zero attached hydrogens (tertiary/aromatic N) is 3. The van der Waals surface area contributed by atoms with Gasteiger partial charge in [-0.25, -0.2) is 4.52 Å². The molecule has 11 heavy (non-hydrogen) atoms. The van der Waals surface area contributed by atoms with Crippen molar-refractivity contribution < 1.29 is 5.11 Å². The van der Waals surface area contributed by atoms with Crippen molar-refractivity contribution in [2.24, 2.45) is 0 Å². The molecule has 0 saturated heterocycles. The summed E-state index contributed by atoms with van der Waals surface area (Å²) >= 11 is 0. The molecule has 0 saturated carbocycles. The Hall–Kier alpha value is -0.580. The standard InChI is InChI=1S/C6H5N3O.Na/c10-6-2-4-9-5(8-6)1-3-7-9;/h1-4H,(H,8,10);. The van der Waals surface area contributed by atoms with E-state index in [4.69, 9.17) is 5.11 Å². The Labute approximate surface area is 85.2 Å². The average Bonchev–Trinajstić information content (AvgIpc) is 2.33. The molecule has 0 aromatic carbocycles. The van der Waals surface area contributed by atoms with Crippen LogP contribution in [0.4, 0.5) is 0 Å². The normalized spacial score (nSPS) is 9.45. The molecule has 1 radical (unpaired) electrons. The fourth-order valence-corrected chi connectivity index (χ4v) is 0.803. The molecule has 0 aliphatic carbocycles. The van der Waals surface area contributed by atoms with E-state index in [1.165, 1.54) is 6.07 Å². The fraction of sp³-hybridized carbons (Fsp3) is 0. The molecule has 1 N–H and O–H groups in total. The first-order chi connectivity index (χ1) is 4.86. The van der Waals surface area contributed by atoms with Crippen LogP contribution in [0, 0.1) is 0 Å². The van der Waals surface area contributed by atoms with Crippen molar-refractivity contribution in [2.75, 3.05) is 0 Å². The van der Waals surface area contributed by atoms with Crippen LogP contribution in [0.25, 0.3) is 5.65 Å². The Balaban J connectivity index is 0.000000605. The molecule has 4 nitrogen and oxygen atoms in total. The Kier molecular flexibility index (Phi) is 2.49. The molecular formula is C6H5N3NaO. The summed E-state index contributed by atoms with van der Waals surface area (Å²) in [6.07, 6.45) is 3.28. The van der Waals surface area contributed by atoms with E-state index in [2.05, 4.69) is 10.1 Å². The first kappa shape index (κ1) is 8.52. The van der Waals surface area contributed by atoms with Gasteiger partial charge in [-0.2, -0.15) is 10.1 Å². The number of hydrogen-bond donors (Lipinski definition) is 1. The van der Waals surface area contributed by atoms with Gasteiger partial charge in [-0.1, -0.05) is 0 Å². The van der Waals surface area contributed by atoms with Gasteiger partial charge >= 0.3 is 0 Å². The molecule has 51 valence electrons. The Morgan fingerprint density at radius 1 is 1.36 bits per heavy atom. The minimum Gasteiger partial charge on any atom is -0.493 e. The fourth-order valence-electron chi connectivity index (χ4n) is 0.803. The van der Waals surface area contributed by atoms with Gasteiger partial charge in [-0.15, -0.1) is 0 Å².